The zero-order chi connectivity index (χ0) is 29.1. The molecular formula is C25H22F6N4O5. The lowest BCUT2D eigenvalue weighted by Crippen LogP contribution is -2.32. The number of carbonyl (C=O) groups is 2. The molecule has 40 heavy (non-hydrogen) atoms. The van der Waals surface area contributed by atoms with E-state index in [4.69, 9.17) is 9.15 Å². The lowest BCUT2D eigenvalue weighted by Gasteiger charge is -2.17. The van der Waals surface area contributed by atoms with Gasteiger partial charge in [0.1, 0.15) is 5.75 Å². The van der Waals surface area contributed by atoms with Crippen molar-refractivity contribution in [1.29, 1.82) is 0 Å². The zero-order valence-electron chi connectivity index (χ0n) is 20.7. The first-order valence-corrected chi connectivity index (χ1v) is 11.9. The molecule has 3 aromatic rings. The molecule has 0 aliphatic carbocycles. The number of aromatic nitrogens is 1. The lowest BCUT2D eigenvalue weighted by molar-refractivity contribution is -0.274. The number of amides is 2. The van der Waals surface area contributed by atoms with Crippen molar-refractivity contribution in [3.63, 3.8) is 0 Å². The molecule has 0 radical (unpaired) electrons. The van der Waals surface area contributed by atoms with Crippen LogP contribution in [0.15, 0.2) is 52.9 Å². The predicted molar refractivity (Wildman–Crippen MR) is 129 cm³/mol. The van der Waals surface area contributed by atoms with Crippen molar-refractivity contribution in [2.45, 2.75) is 31.9 Å². The maximum Gasteiger partial charge on any atom is 0.573 e. The number of oxazole rings is 1. The summed E-state index contributed by atoms with van der Waals surface area (Å²) >= 11 is 0. The Kier molecular flexibility index (Phi) is 8.11. The van der Waals surface area contributed by atoms with Crippen LogP contribution in [0.1, 0.15) is 29.6 Å². The normalized spacial score (nSPS) is 15.6. The summed E-state index contributed by atoms with van der Waals surface area (Å²) in [6, 6.07) is 10.2. The fourth-order valence-electron chi connectivity index (χ4n) is 3.97. The number of benzene rings is 2. The van der Waals surface area contributed by atoms with Crippen LogP contribution in [0, 0.1) is 0 Å². The summed E-state index contributed by atoms with van der Waals surface area (Å²) < 4.78 is 92.8. The van der Waals surface area contributed by atoms with Crippen molar-refractivity contribution in [1.82, 2.24) is 9.88 Å². The van der Waals surface area contributed by atoms with E-state index in [9.17, 15) is 35.9 Å². The number of nitrogens with zero attached hydrogens (tertiary/aromatic N) is 2. The van der Waals surface area contributed by atoms with Gasteiger partial charge in [-0.25, -0.2) is 9.78 Å². The molecule has 4 rings (SSSR count). The third-order valence-corrected chi connectivity index (χ3v) is 5.67. The molecule has 1 unspecified atom stereocenters. The molecule has 1 atom stereocenters. The van der Waals surface area contributed by atoms with Crippen LogP contribution in [0.25, 0.3) is 11.5 Å². The van der Waals surface area contributed by atoms with E-state index < -0.39 is 53.2 Å². The first-order valence-electron chi connectivity index (χ1n) is 11.9. The van der Waals surface area contributed by atoms with Crippen LogP contribution in [0.4, 0.5) is 42.5 Å². The molecular weight excluding hydrogens is 550 g/mol. The first-order chi connectivity index (χ1) is 18.8. The molecule has 1 aliphatic rings. The number of para-hydroxylation sites is 1. The number of anilines is 2. The van der Waals surface area contributed by atoms with Gasteiger partial charge in [0.2, 0.25) is 11.7 Å². The lowest BCUT2D eigenvalue weighted by atomic mass is 10.2. The Labute approximate surface area is 223 Å². The van der Waals surface area contributed by atoms with E-state index in [0.717, 1.165) is 12.1 Å². The highest BCUT2D eigenvalue weighted by atomic mass is 19.4. The second kappa shape index (κ2) is 11.4. The number of carbonyl (C=O) groups excluding carboxylic acids is 2. The second-order valence-electron chi connectivity index (χ2n) is 8.54. The number of likely N-dealkylation sites (tertiary alicyclic amines) is 1. The average Bonchev–Trinajstić information content (AvgIpc) is 3.53. The predicted octanol–water partition coefficient (Wildman–Crippen LogP) is 6.15. The number of hydrogen-bond acceptors (Lipinski definition) is 7. The highest BCUT2D eigenvalue weighted by molar-refractivity contribution is 6.04. The van der Waals surface area contributed by atoms with Gasteiger partial charge in [0.15, 0.2) is 5.69 Å². The van der Waals surface area contributed by atoms with Crippen molar-refractivity contribution in [3.05, 3.63) is 60.0 Å². The molecule has 0 bridgehead atoms. The van der Waals surface area contributed by atoms with Crippen molar-refractivity contribution >= 4 is 23.4 Å². The highest BCUT2D eigenvalue weighted by Crippen LogP contribution is 2.39. The van der Waals surface area contributed by atoms with E-state index in [0.29, 0.717) is 25.2 Å². The van der Waals surface area contributed by atoms with Gasteiger partial charge in [0.05, 0.1) is 12.2 Å². The number of hydrogen-bond donors (Lipinski definition) is 2. The molecule has 1 saturated heterocycles. The first kappa shape index (κ1) is 28.6. The largest absolute Gasteiger partial charge is 0.573 e. The van der Waals surface area contributed by atoms with Crippen LogP contribution in [0.3, 0.4) is 0 Å². The SMILES string of the molecule is CCOC(=O)N1CCC(Nc2ccc(NC(=O)c3nc(-c4ccccc4OC(F)(F)F)oc3C(F)(F)F)cc2)C1. The molecule has 2 N–H and O–H groups in total. The Balaban J connectivity index is 1.49. The van der Waals surface area contributed by atoms with Crippen LogP contribution in [-0.2, 0) is 10.9 Å². The van der Waals surface area contributed by atoms with Gasteiger partial charge in [0, 0.05) is 30.5 Å². The van der Waals surface area contributed by atoms with E-state index in [2.05, 4.69) is 20.4 Å². The van der Waals surface area contributed by atoms with Gasteiger partial charge >= 0.3 is 18.6 Å². The van der Waals surface area contributed by atoms with Gasteiger partial charge in [-0.05, 0) is 49.7 Å². The van der Waals surface area contributed by atoms with E-state index >= 15 is 0 Å². The molecule has 2 amide bonds. The monoisotopic (exact) mass is 572 g/mol. The van der Waals surface area contributed by atoms with Crippen molar-refractivity contribution in [3.8, 4) is 17.2 Å². The Hall–Kier alpha value is -4.43. The Morgan fingerprint density at radius 3 is 2.38 bits per heavy atom. The summed E-state index contributed by atoms with van der Waals surface area (Å²) in [7, 11) is 0. The van der Waals surface area contributed by atoms with Crippen LogP contribution in [0.5, 0.6) is 5.75 Å². The van der Waals surface area contributed by atoms with Gasteiger partial charge in [-0.2, -0.15) is 13.2 Å². The minimum Gasteiger partial charge on any atom is -0.450 e. The van der Waals surface area contributed by atoms with E-state index in [1.165, 1.54) is 24.3 Å². The number of alkyl halides is 6. The summed E-state index contributed by atoms with van der Waals surface area (Å²) in [4.78, 5) is 29.7. The third-order valence-electron chi connectivity index (χ3n) is 5.67. The zero-order valence-corrected chi connectivity index (χ0v) is 20.7. The fraction of sp³-hybridized carbons (Fsp3) is 0.320. The minimum absolute atomic E-state index is 0.0584. The second-order valence-corrected chi connectivity index (χ2v) is 8.54. The fourth-order valence-corrected chi connectivity index (χ4v) is 3.97. The van der Waals surface area contributed by atoms with Gasteiger partial charge in [-0.1, -0.05) is 12.1 Å². The van der Waals surface area contributed by atoms with Gasteiger partial charge in [-0.3, -0.25) is 4.79 Å². The van der Waals surface area contributed by atoms with E-state index in [-0.39, 0.29) is 18.3 Å². The molecule has 2 heterocycles. The van der Waals surface area contributed by atoms with Crippen LogP contribution in [0.2, 0.25) is 0 Å². The molecule has 1 aromatic heterocycles. The van der Waals surface area contributed by atoms with Crippen LogP contribution >= 0.6 is 0 Å². The standard InChI is InChI=1S/C25H22F6N4O5/c1-2-38-23(37)35-12-11-16(13-35)32-14-7-9-15(10-8-14)33-21(36)19-20(24(26,27)28)39-22(34-19)17-5-3-4-6-18(17)40-25(29,30)31/h3-10,16,32H,2,11-13H2,1H3,(H,33,36). The molecule has 0 spiro atoms. The Morgan fingerprint density at radius 1 is 1.05 bits per heavy atom. The Bertz CT molecular complexity index is 1360. The van der Waals surface area contributed by atoms with Crippen molar-refractivity contribution < 1.29 is 49.8 Å². The minimum atomic E-state index is -5.18. The number of nitrogens with one attached hydrogen (secondary N) is 2. The van der Waals surface area contributed by atoms with E-state index in [1.54, 1.807) is 24.0 Å². The van der Waals surface area contributed by atoms with Crippen LogP contribution < -0.4 is 15.4 Å². The summed E-state index contributed by atoms with van der Waals surface area (Å²) in [5.41, 5.74) is -0.951. The maximum atomic E-state index is 13.6. The molecule has 15 heteroatoms. The van der Waals surface area contributed by atoms with Crippen molar-refractivity contribution in [2.24, 2.45) is 0 Å². The maximum absolute atomic E-state index is 13.6. The molecule has 0 saturated carbocycles. The molecule has 1 aliphatic heterocycles. The van der Waals surface area contributed by atoms with Crippen LogP contribution in [-0.4, -0.2) is 54.0 Å². The summed E-state index contributed by atoms with van der Waals surface area (Å²) in [5, 5.41) is 5.50. The van der Waals surface area contributed by atoms with E-state index in [1.807, 2.05) is 0 Å². The average molecular weight is 572 g/mol. The number of halogens is 6. The molecule has 9 nitrogen and oxygen atoms in total. The summed E-state index contributed by atoms with van der Waals surface area (Å²) in [6.07, 6.45) is -10.0. The quantitative estimate of drug-likeness (QED) is 0.327. The van der Waals surface area contributed by atoms with Crippen molar-refractivity contribution in [2.75, 3.05) is 30.3 Å². The van der Waals surface area contributed by atoms with Gasteiger partial charge in [-0.15, -0.1) is 13.2 Å². The Morgan fingerprint density at radius 2 is 1.73 bits per heavy atom. The molecule has 214 valence electrons. The number of ether oxygens (including phenoxy) is 2. The number of rotatable bonds is 7. The van der Waals surface area contributed by atoms with Gasteiger partial charge < -0.3 is 29.4 Å². The smallest absolute Gasteiger partial charge is 0.450 e. The highest BCUT2D eigenvalue weighted by Gasteiger charge is 2.42. The molecule has 1 fully saturated rings. The summed E-state index contributed by atoms with van der Waals surface area (Å²) in [6.45, 7) is 2.91. The molecule has 2 aromatic carbocycles. The van der Waals surface area contributed by atoms with Gasteiger partial charge in [0.25, 0.3) is 5.91 Å². The topological polar surface area (TPSA) is 106 Å². The summed E-state index contributed by atoms with van der Waals surface area (Å²) in [5.74, 6) is -4.82. The third kappa shape index (κ3) is 6.95.